The van der Waals surface area contributed by atoms with Crippen LogP contribution < -0.4 is 10.2 Å². The summed E-state index contributed by atoms with van der Waals surface area (Å²) in [6.07, 6.45) is -1.01. The van der Waals surface area contributed by atoms with Gasteiger partial charge in [-0.05, 0) is 36.8 Å². The molecule has 4 rings (SSSR count). The van der Waals surface area contributed by atoms with Gasteiger partial charge in [0.1, 0.15) is 6.54 Å². The van der Waals surface area contributed by atoms with Crippen molar-refractivity contribution in [3.8, 4) is 0 Å². The molecule has 2 amide bonds. The highest BCUT2D eigenvalue weighted by Crippen LogP contribution is 2.45. The third kappa shape index (κ3) is 4.28. The molecule has 1 atom stereocenters. The van der Waals surface area contributed by atoms with Crippen LogP contribution in [-0.2, 0) is 14.3 Å². The molecule has 8 heteroatoms. The molecule has 2 aromatic carbocycles. The number of para-hydroxylation sites is 2. The minimum Gasteiger partial charge on any atom is -0.449 e. The Hall–Kier alpha value is -2.45. The zero-order valence-corrected chi connectivity index (χ0v) is 17.4. The Morgan fingerprint density at radius 1 is 1.10 bits per heavy atom. The second-order valence-electron chi connectivity index (χ2n) is 6.73. The fourth-order valence-electron chi connectivity index (χ4n) is 3.26. The summed E-state index contributed by atoms with van der Waals surface area (Å²) in [7, 11) is 0. The molecule has 1 fully saturated rings. The number of nitrogens with one attached hydrogen (secondary N) is 1. The van der Waals surface area contributed by atoms with E-state index in [1.807, 2.05) is 35.7 Å². The highest BCUT2D eigenvalue weighted by atomic mass is 32.2. The van der Waals surface area contributed by atoms with E-state index in [4.69, 9.17) is 4.74 Å². The van der Waals surface area contributed by atoms with E-state index < -0.39 is 18.0 Å². The van der Waals surface area contributed by atoms with Gasteiger partial charge in [0, 0.05) is 11.5 Å². The second kappa shape index (κ2) is 8.51. The van der Waals surface area contributed by atoms with Crippen molar-refractivity contribution in [2.24, 2.45) is 0 Å². The number of carbonyl (C=O) groups excluding carboxylic acids is 3. The number of nitrogens with zero attached hydrogens (tertiary/aromatic N) is 1. The molecule has 1 saturated heterocycles. The molecule has 1 unspecified atom stereocenters. The van der Waals surface area contributed by atoms with E-state index in [2.05, 4.69) is 5.32 Å². The molecule has 1 N–H and O–H groups in total. The number of rotatable bonds is 4. The number of esters is 1. The summed E-state index contributed by atoms with van der Waals surface area (Å²) in [5.41, 5.74) is 2.73. The Morgan fingerprint density at radius 2 is 1.79 bits per heavy atom. The van der Waals surface area contributed by atoms with Gasteiger partial charge in [0.15, 0.2) is 6.10 Å². The van der Waals surface area contributed by atoms with E-state index in [9.17, 15) is 14.4 Å². The maximum Gasteiger partial charge on any atom is 0.338 e. The summed E-state index contributed by atoms with van der Waals surface area (Å²) < 4.78 is 5.80. The van der Waals surface area contributed by atoms with Crippen LogP contribution in [-0.4, -0.2) is 41.9 Å². The lowest BCUT2D eigenvalue weighted by atomic mass is 10.1. The van der Waals surface area contributed by atoms with E-state index in [0.29, 0.717) is 21.5 Å². The van der Waals surface area contributed by atoms with Crippen molar-refractivity contribution in [2.75, 3.05) is 28.3 Å². The van der Waals surface area contributed by atoms with Gasteiger partial charge in [0.25, 0.3) is 5.91 Å². The number of hydrogen-bond donors (Lipinski definition) is 1. The molecule has 0 aromatic heterocycles. The van der Waals surface area contributed by atoms with Crippen molar-refractivity contribution < 1.29 is 19.1 Å². The predicted molar refractivity (Wildman–Crippen MR) is 116 cm³/mol. The number of hydrogen-bond acceptors (Lipinski definition) is 6. The first-order valence-corrected chi connectivity index (χ1v) is 11.4. The smallest absolute Gasteiger partial charge is 0.338 e. The van der Waals surface area contributed by atoms with E-state index in [1.54, 1.807) is 36.4 Å². The molecule has 0 bridgehead atoms. The first-order valence-electron chi connectivity index (χ1n) is 9.27. The number of thioether (sulfide) groups is 2. The molecular weight excluding hydrogens is 408 g/mol. The van der Waals surface area contributed by atoms with Crippen molar-refractivity contribution >= 4 is 52.7 Å². The molecule has 29 heavy (non-hydrogen) atoms. The quantitative estimate of drug-likeness (QED) is 0.749. The van der Waals surface area contributed by atoms with Gasteiger partial charge >= 0.3 is 5.97 Å². The average molecular weight is 429 g/mol. The van der Waals surface area contributed by atoms with Gasteiger partial charge < -0.3 is 10.1 Å². The summed E-state index contributed by atoms with van der Waals surface area (Å²) in [5, 5.41) is 2.73. The molecule has 2 aliphatic rings. The van der Waals surface area contributed by atoms with Crippen LogP contribution in [0.4, 0.5) is 11.4 Å². The molecule has 0 saturated carbocycles. The standard InChI is InChI=1S/C21H20N2O4S2/c1-13(19(25)23-12-18(24)22-16-4-2-3-5-17(16)23)27-20(26)14-6-8-15(9-7-14)21-28-10-11-29-21/h2-9,13,21H,10-12H2,1H3,(H,22,24). The maximum atomic E-state index is 12.9. The van der Waals surface area contributed by atoms with Crippen LogP contribution in [0.1, 0.15) is 27.4 Å². The maximum absolute atomic E-state index is 12.9. The minimum absolute atomic E-state index is 0.108. The number of benzene rings is 2. The van der Waals surface area contributed by atoms with Gasteiger partial charge in [-0.1, -0.05) is 24.3 Å². The van der Waals surface area contributed by atoms with Crippen molar-refractivity contribution in [3.05, 3.63) is 59.7 Å². The van der Waals surface area contributed by atoms with Crippen LogP contribution in [0.5, 0.6) is 0 Å². The molecule has 150 valence electrons. The summed E-state index contributed by atoms with van der Waals surface area (Å²) in [6, 6.07) is 14.4. The summed E-state index contributed by atoms with van der Waals surface area (Å²) in [6.45, 7) is 1.42. The van der Waals surface area contributed by atoms with E-state index in [0.717, 1.165) is 11.5 Å². The first kappa shape index (κ1) is 19.8. The lowest BCUT2D eigenvalue weighted by Gasteiger charge is -2.30. The Morgan fingerprint density at radius 3 is 2.52 bits per heavy atom. The zero-order chi connectivity index (χ0) is 20.4. The van der Waals surface area contributed by atoms with Crippen molar-refractivity contribution in [3.63, 3.8) is 0 Å². The van der Waals surface area contributed by atoms with Gasteiger partial charge in [-0.3, -0.25) is 14.5 Å². The van der Waals surface area contributed by atoms with Gasteiger partial charge in [0.2, 0.25) is 5.91 Å². The highest BCUT2D eigenvalue weighted by molar-refractivity contribution is 8.19. The van der Waals surface area contributed by atoms with E-state index in [-0.39, 0.29) is 12.5 Å². The van der Waals surface area contributed by atoms with Crippen LogP contribution in [0.25, 0.3) is 0 Å². The van der Waals surface area contributed by atoms with Crippen LogP contribution in [0, 0.1) is 0 Å². The van der Waals surface area contributed by atoms with Crippen LogP contribution in [0.3, 0.4) is 0 Å². The lowest BCUT2D eigenvalue weighted by molar-refractivity contribution is -0.128. The third-order valence-corrected chi connectivity index (χ3v) is 7.81. The monoisotopic (exact) mass is 428 g/mol. The van der Waals surface area contributed by atoms with Crippen LogP contribution >= 0.6 is 23.5 Å². The summed E-state index contributed by atoms with van der Waals surface area (Å²) >= 11 is 3.80. The summed E-state index contributed by atoms with van der Waals surface area (Å²) in [4.78, 5) is 38.6. The Kier molecular flexibility index (Phi) is 5.82. The van der Waals surface area contributed by atoms with Gasteiger partial charge in [-0.15, -0.1) is 23.5 Å². The normalized spacial score (nSPS) is 17.4. The molecule has 2 aromatic rings. The molecular formula is C21H20N2O4S2. The topological polar surface area (TPSA) is 75.7 Å². The number of ether oxygens (including phenoxy) is 1. The molecule has 0 aliphatic carbocycles. The van der Waals surface area contributed by atoms with E-state index >= 15 is 0 Å². The van der Waals surface area contributed by atoms with E-state index in [1.165, 1.54) is 17.4 Å². The number of anilines is 2. The number of fused-ring (bicyclic) bond motifs is 1. The third-order valence-electron chi connectivity index (χ3n) is 4.71. The number of amides is 2. The van der Waals surface area contributed by atoms with Crippen molar-refractivity contribution in [1.82, 2.24) is 0 Å². The predicted octanol–water partition coefficient (Wildman–Crippen LogP) is 3.70. The summed E-state index contributed by atoms with van der Waals surface area (Å²) in [5.74, 6) is 0.996. The second-order valence-corrected chi connectivity index (χ2v) is 9.46. The average Bonchev–Trinajstić information content (AvgIpc) is 3.27. The fourth-order valence-corrected chi connectivity index (χ4v) is 6.11. The minimum atomic E-state index is -1.01. The van der Waals surface area contributed by atoms with Crippen LogP contribution in [0.15, 0.2) is 48.5 Å². The fraction of sp³-hybridized carbons (Fsp3) is 0.286. The highest BCUT2D eigenvalue weighted by Gasteiger charge is 2.31. The Labute approximate surface area is 177 Å². The van der Waals surface area contributed by atoms with Gasteiger partial charge in [-0.2, -0.15) is 0 Å². The Bertz CT molecular complexity index is 942. The molecule has 0 radical (unpaired) electrons. The Balaban J connectivity index is 1.43. The van der Waals surface area contributed by atoms with Gasteiger partial charge in [0.05, 0.1) is 21.5 Å². The zero-order valence-electron chi connectivity index (χ0n) is 15.8. The van der Waals surface area contributed by atoms with Crippen LogP contribution in [0.2, 0.25) is 0 Å². The molecule has 2 aliphatic heterocycles. The van der Waals surface area contributed by atoms with Gasteiger partial charge in [-0.25, -0.2) is 4.79 Å². The van der Waals surface area contributed by atoms with Crippen molar-refractivity contribution in [1.29, 1.82) is 0 Å². The SMILES string of the molecule is CC(OC(=O)c1ccc(C2SCCS2)cc1)C(=O)N1CC(=O)Nc2ccccc21. The molecule has 6 nitrogen and oxygen atoms in total. The largest absolute Gasteiger partial charge is 0.449 e. The van der Waals surface area contributed by atoms with Crippen molar-refractivity contribution in [2.45, 2.75) is 17.6 Å². The number of carbonyl (C=O) groups is 3. The first-order chi connectivity index (χ1) is 14.0. The molecule has 0 spiro atoms. The lowest BCUT2D eigenvalue weighted by Crippen LogP contribution is -2.47. The molecule has 2 heterocycles.